The second-order valence-electron chi connectivity index (χ2n) is 8.80. The number of hydrogen-bond donors (Lipinski definition) is 1. The SMILES string of the molecule is CCC(=O)N1CCc2cc(C(=O)NCC3CCCN(C)C3c3ccc(OC)cc3)ccc21. The third kappa shape index (κ3) is 4.51. The number of carbonyl (C=O) groups is 2. The highest BCUT2D eigenvalue weighted by atomic mass is 16.5. The minimum atomic E-state index is -0.0465. The molecule has 2 heterocycles. The van der Waals surface area contributed by atoms with E-state index >= 15 is 0 Å². The van der Waals surface area contributed by atoms with E-state index in [1.54, 1.807) is 7.11 Å². The summed E-state index contributed by atoms with van der Waals surface area (Å²) in [7, 11) is 3.84. The lowest BCUT2D eigenvalue weighted by Gasteiger charge is -2.39. The van der Waals surface area contributed by atoms with Gasteiger partial charge >= 0.3 is 0 Å². The standard InChI is InChI=1S/C26H33N3O3/c1-4-24(30)29-15-13-19-16-20(9-12-23(19)29)26(31)27-17-21-6-5-14-28(2)25(21)18-7-10-22(32-3)11-8-18/h7-12,16,21,25H,4-6,13-15,17H2,1-3H3,(H,27,31). The quantitative estimate of drug-likeness (QED) is 0.750. The Hall–Kier alpha value is -2.86. The number of fused-ring (bicyclic) bond motifs is 1. The van der Waals surface area contributed by atoms with E-state index in [0.717, 1.165) is 42.8 Å². The summed E-state index contributed by atoms with van der Waals surface area (Å²) in [6, 6.07) is 14.2. The molecule has 0 bridgehead atoms. The third-order valence-corrected chi connectivity index (χ3v) is 6.83. The molecule has 1 saturated heterocycles. The van der Waals surface area contributed by atoms with Gasteiger partial charge in [-0.15, -0.1) is 0 Å². The Balaban J connectivity index is 1.44. The summed E-state index contributed by atoms with van der Waals surface area (Å²) in [4.78, 5) is 29.3. The normalized spacial score (nSPS) is 20.7. The van der Waals surface area contributed by atoms with Gasteiger partial charge in [0.25, 0.3) is 5.91 Å². The molecule has 0 aromatic heterocycles. The van der Waals surface area contributed by atoms with Gasteiger partial charge in [-0.2, -0.15) is 0 Å². The number of piperidine rings is 1. The topological polar surface area (TPSA) is 61.9 Å². The van der Waals surface area contributed by atoms with Gasteiger partial charge in [0.05, 0.1) is 7.11 Å². The van der Waals surface area contributed by atoms with Gasteiger partial charge in [-0.05, 0) is 80.2 Å². The van der Waals surface area contributed by atoms with Crippen LogP contribution in [0, 0.1) is 5.92 Å². The fourth-order valence-corrected chi connectivity index (χ4v) is 5.12. The molecule has 2 aromatic rings. The average molecular weight is 436 g/mol. The zero-order valence-electron chi connectivity index (χ0n) is 19.3. The number of likely N-dealkylation sites (tertiary alicyclic amines) is 1. The highest BCUT2D eigenvalue weighted by molar-refractivity contribution is 5.98. The first-order chi connectivity index (χ1) is 15.5. The summed E-state index contributed by atoms with van der Waals surface area (Å²) in [5.74, 6) is 1.28. The number of ether oxygens (including phenoxy) is 1. The summed E-state index contributed by atoms with van der Waals surface area (Å²) >= 11 is 0. The smallest absolute Gasteiger partial charge is 0.251 e. The molecular weight excluding hydrogens is 402 g/mol. The van der Waals surface area contributed by atoms with Crippen LogP contribution in [-0.2, 0) is 11.2 Å². The number of amides is 2. The number of rotatable bonds is 6. The fourth-order valence-electron chi connectivity index (χ4n) is 5.12. The van der Waals surface area contributed by atoms with Crippen LogP contribution in [0.15, 0.2) is 42.5 Å². The number of nitrogens with one attached hydrogen (secondary N) is 1. The van der Waals surface area contributed by atoms with E-state index < -0.39 is 0 Å². The summed E-state index contributed by atoms with van der Waals surface area (Å²) in [6.07, 6.45) is 3.51. The van der Waals surface area contributed by atoms with Gasteiger partial charge in [-0.25, -0.2) is 0 Å². The molecule has 32 heavy (non-hydrogen) atoms. The van der Waals surface area contributed by atoms with Gasteiger partial charge in [-0.1, -0.05) is 19.1 Å². The maximum absolute atomic E-state index is 12.9. The highest BCUT2D eigenvalue weighted by Gasteiger charge is 2.31. The first-order valence-electron chi connectivity index (χ1n) is 11.6. The Morgan fingerprint density at radius 2 is 1.91 bits per heavy atom. The molecule has 0 aliphatic carbocycles. The molecule has 6 heteroatoms. The summed E-state index contributed by atoms with van der Waals surface area (Å²) in [6.45, 7) is 4.27. The van der Waals surface area contributed by atoms with Gasteiger partial charge < -0.3 is 15.0 Å². The molecule has 2 unspecified atom stereocenters. The number of methoxy groups -OCH3 is 1. The zero-order chi connectivity index (χ0) is 22.7. The number of benzene rings is 2. The fraction of sp³-hybridized carbons (Fsp3) is 0.462. The van der Waals surface area contributed by atoms with Crippen LogP contribution in [0.3, 0.4) is 0 Å². The van der Waals surface area contributed by atoms with Gasteiger partial charge in [0.2, 0.25) is 5.91 Å². The molecule has 0 radical (unpaired) electrons. The summed E-state index contributed by atoms with van der Waals surface area (Å²) in [5, 5.41) is 3.18. The lowest BCUT2D eigenvalue weighted by Crippen LogP contribution is -2.41. The van der Waals surface area contributed by atoms with Crippen molar-refractivity contribution in [3.05, 3.63) is 59.2 Å². The molecule has 0 spiro atoms. The van der Waals surface area contributed by atoms with Crippen LogP contribution in [0.25, 0.3) is 0 Å². The Morgan fingerprint density at radius 1 is 1.12 bits per heavy atom. The molecule has 0 saturated carbocycles. The zero-order valence-corrected chi connectivity index (χ0v) is 19.3. The third-order valence-electron chi connectivity index (χ3n) is 6.83. The van der Waals surface area contributed by atoms with Crippen LogP contribution >= 0.6 is 0 Å². The van der Waals surface area contributed by atoms with Crippen molar-refractivity contribution in [2.24, 2.45) is 5.92 Å². The first-order valence-corrected chi connectivity index (χ1v) is 11.6. The van der Waals surface area contributed by atoms with Crippen molar-refractivity contribution in [1.29, 1.82) is 0 Å². The predicted molar refractivity (Wildman–Crippen MR) is 126 cm³/mol. The molecule has 2 aliphatic rings. The van der Waals surface area contributed by atoms with E-state index in [9.17, 15) is 9.59 Å². The van der Waals surface area contributed by atoms with Crippen molar-refractivity contribution in [3.63, 3.8) is 0 Å². The average Bonchev–Trinajstić information content (AvgIpc) is 3.25. The van der Waals surface area contributed by atoms with Crippen molar-refractivity contribution in [2.45, 2.75) is 38.6 Å². The largest absolute Gasteiger partial charge is 0.497 e. The minimum absolute atomic E-state index is 0.0465. The van der Waals surface area contributed by atoms with E-state index in [1.807, 2.05) is 42.2 Å². The highest BCUT2D eigenvalue weighted by Crippen LogP contribution is 2.35. The lowest BCUT2D eigenvalue weighted by atomic mass is 9.85. The monoisotopic (exact) mass is 435 g/mol. The van der Waals surface area contributed by atoms with Gasteiger partial charge in [0, 0.05) is 36.8 Å². The molecule has 4 rings (SSSR count). The van der Waals surface area contributed by atoms with Gasteiger partial charge in [0.1, 0.15) is 5.75 Å². The molecule has 2 aliphatic heterocycles. The van der Waals surface area contributed by atoms with E-state index in [1.165, 1.54) is 5.56 Å². The first kappa shape index (κ1) is 22.3. The van der Waals surface area contributed by atoms with E-state index in [4.69, 9.17) is 4.74 Å². The number of carbonyl (C=O) groups excluding carboxylic acids is 2. The van der Waals surface area contributed by atoms with Crippen LogP contribution in [0.5, 0.6) is 5.75 Å². The van der Waals surface area contributed by atoms with Crippen LogP contribution in [-0.4, -0.2) is 50.5 Å². The Labute approximate surface area is 190 Å². The Bertz CT molecular complexity index is 973. The minimum Gasteiger partial charge on any atom is -0.497 e. The van der Waals surface area contributed by atoms with Crippen LogP contribution < -0.4 is 15.0 Å². The maximum atomic E-state index is 12.9. The Kier molecular flexibility index (Phi) is 6.80. The molecule has 6 nitrogen and oxygen atoms in total. The maximum Gasteiger partial charge on any atom is 0.251 e. The summed E-state index contributed by atoms with van der Waals surface area (Å²) < 4.78 is 5.30. The number of anilines is 1. The molecule has 2 amide bonds. The summed E-state index contributed by atoms with van der Waals surface area (Å²) in [5.41, 5.74) is 3.94. The molecule has 2 aromatic carbocycles. The van der Waals surface area contributed by atoms with Crippen LogP contribution in [0.2, 0.25) is 0 Å². The number of hydrogen-bond acceptors (Lipinski definition) is 4. The van der Waals surface area contributed by atoms with Crippen molar-refractivity contribution in [2.75, 3.05) is 38.7 Å². The Morgan fingerprint density at radius 3 is 2.62 bits per heavy atom. The van der Waals surface area contributed by atoms with Crippen molar-refractivity contribution < 1.29 is 14.3 Å². The second kappa shape index (κ2) is 9.74. The van der Waals surface area contributed by atoms with Crippen LogP contribution in [0.4, 0.5) is 5.69 Å². The predicted octanol–water partition coefficient (Wildman–Crippen LogP) is 3.81. The second-order valence-corrected chi connectivity index (χ2v) is 8.80. The molecule has 1 fully saturated rings. The van der Waals surface area contributed by atoms with Crippen molar-refractivity contribution >= 4 is 17.5 Å². The van der Waals surface area contributed by atoms with E-state index in [-0.39, 0.29) is 17.9 Å². The van der Waals surface area contributed by atoms with Crippen molar-refractivity contribution in [3.8, 4) is 5.75 Å². The molecular formula is C26H33N3O3. The van der Waals surface area contributed by atoms with Crippen molar-refractivity contribution in [1.82, 2.24) is 10.2 Å². The lowest BCUT2D eigenvalue weighted by molar-refractivity contribution is -0.118. The molecule has 2 atom stereocenters. The van der Waals surface area contributed by atoms with Gasteiger partial charge in [0.15, 0.2) is 0 Å². The van der Waals surface area contributed by atoms with E-state index in [0.29, 0.717) is 31.0 Å². The van der Waals surface area contributed by atoms with Crippen LogP contribution in [0.1, 0.15) is 53.7 Å². The van der Waals surface area contributed by atoms with Gasteiger partial charge in [-0.3, -0.25) is 14.5 Å². The molecule has 1 N–H and O–H groups in total. The molecule has 170 valence electrons. The number of nitrogens with zero attached hydrogens (tertiary/aromatic N) is 2. The van der Waals surface area contributed by atoms with E-state index in [2.05, 4.69) is 29.4 Å².